The molecule has 0 aromatic carbocycles. The molecule has 1 unspecified atom stereocenters. The van der Waals surface area contributed by atoms with Gasteiger partial charge in [0.25, 0.3) is 0 Å². The minimum Gasteiger partial charge on any atom is -0.390 e. The van der Waals surface area contributed by atoms with Crippen LogP contribution in [0.5, 0.6) is 0 Å². The Labute approximate surface area is 106 Å². The molecule has 2 heteroatoms. The zero-order chi connectivity index (χ0) is 12.1. The van der Waals surface area contributed by atoms with Gasteiger partial charge in [0.05, 0.1) is 18.8 Å². The molecule has 0 radical (unpaired) electrons. The fraction of sp³-hybridized carbons (Fsp3) is 1.00. The molecule has 0 aromatic heterocycles. The van der Waals surface area contributed by atoms with E-state index in [0.717, 1.165) is 5.92 Å². The van der Waals surface area contributed by atoms with Crippen molar-refractivity contribution in [2.75, 3.05) is 6.61 Å². The molecule has 1 atom stereocenters. The Morgan fingerprint density at radius 1 is 1.00 bits per heavy atom. The molecule has 0 amide bonds. The van der Waals surface area contributed by atoms with E-state index < -0.39 is 0 Å². The molecule has 17 heavy (non-hydrogen) atoms. The van der Waals surface area contributed by atoms with E-state index in [0.29, 0.717) is 18.6 Å². The van der Waals surface area contributed by atoms with Gasteiger partial charge in [-0.05, 0) is 50.4 Å². The Bertz CT molecular complexity index is 203. The summed E-state index contributed by atoms with van der Waals surface area (Å²) in [6, 6.07) is 0. The van der Waals surface area contributed by atoms with Crippen LogP contribution in [0.25, 0.3) is 0 Å². The zero-order valence-electron chi connectivity index (χ0n) is 11.2. The normalized spacial score (nSPS) is 33.5. The summed E-state index contributed by atoms with van der Waals surface area (Å²) < 4.78 is 5.90. The summed E-state index contributed by atoms with van der Waals surface area (Å²) in [5, 5.41) is 10.1. The first-order valence-electron chi connectivity index (χ1n) is 7.55. The highest BCUT2D eigenvalue weighted by atomic mass is 16.5. The van der Waals surface area contributed by atoms with Crippen LogP contribution >= 0.6 is 0 Å². The first-order chi connectivity index (χ1) is 8.25. The van der Waals surface area contributed by atoms with Crippen molar-refractivity contribution in [2.45, 2.75) is 76.9 Å². The Balaban J connectivity index is 1.63. The zero-order valence-corrected chi connectivity index (χ0v) is 11.2. The second-order valence-electron chi connectivity index (χ2n) is 6.18. The predicted octanol–water partition coefficient (Wildman–Crippen LogP) is 3.52. The Morgan fingerprint density at radius 2 is 1.65 bits per heavy atom. The highest BCUT2D eigenvalue weighted by molar-refractivity contribution is 4.75. The van der Waals surface area contributed by atoms with Gasteiger partial charge >= 0.3 is 0 Å². The SMILES string of the molecule is CC1CCC(OCC(O)C2CCCCC2)CC1. The molecule has 0 aromatic rings. The van der Waals surface area contributed by atoms with E-state index >= 15 is 0 Å². The van der Waals surface area contributed by atoms with E-state index in [1.807, 2.05) is 0 Å². The molecule has 1 N–H and O–H groups in total. The minimum absolute atomic E-state index is 0.213. The predicted molar refractivity (Wildman–Crippen MR) is 70.0 cm³/mol. The number of hydrogen-bond acceptors (Lipinski definition) is 2. The second-order valence-corrected chi connectivity index (χ2v) is 6.18. The molecule has 0 heterocycles. The van der Waals surface area contributed by atoms with Gasteiger partial charge in [0.15, 0.2) is 0 Å². The van der Waals surface area contributed by atoms with E-state index in [4.69, 9.17) is 4.74 Å². The average Bonchev–Trinajstić information content (AvgIpc) is 2.39. The minimum atomic E-state index is -0.213. The summed E-state index contributed by atoms with van der Waals surface area (Å²) in [6.45, 7) is 2.90. The fourth-order valence-corrected chi connectivity index (χ4v) is 3.29. The second kappa shape index (κ2) is 6.75. The van der Waals surface area contributed by atoms with Gasteiger partial charge < -0.3 is 9.84 Å². The fourth-order valence-electron chi connectivity index (χ4n) is 3.29. The van der Waals surface area contributed by atoms with Crippen LogP contribution in [0, 0.1) is 11.8 Å². The van der Waals surface area contributed by atoms with E-state index in [9.17, 15) is 5.11 Å². The van der Waals surface area contributed by atoms with Crippen molar-refractivity contribution >= 4 is 0 Å². The summed E-state index contributed by atoms with van der Waals surface area (Å²) in [5.74, 6) is 1.38. The maximum atomic E-state index is 10.1. The van der Waals surface area contributed by atoms with Crippen molar-refractivity contribution in [3.63, 3.8) is 0 Å². The molecule has 2 aliphatic rings. The van der Waals surface area contributed by atoms with E-state index in [-0.39, 0.29) is 6.10 Å². The molecule has 0 bridgehead atoms. The Kier molecular flexibility index (Phi) is 5.30. The Hall–Kier alpha value is -0.0800. The lowest BCUT2D eigenvalue weighted by Gasteiger charge is -2.30. The van der Waals surface area contributed by atoms with Crippen molar-refractivity contribution in [3.05, 3.63) is 0 Å². The monoisotopic (exact) mass is 240 g/mol. The summed E-state index contributed by atoms with van der Waals surface area (Å²) in [4.78, 5) is 0. The number of aliphatic hydroxyl groups is 1. The number of hydrogen-bond donors (Lipinski definition) is 1. The van der Waals surface area contributed by atoms with Crippen LogP contribution in [0.1, 0.15) is 64.7 Å². The third kappa shape index (κ3) is 4.26. The molecule has 2 nitrogen and oxygen atoms in total. The van der Waals surface area contributed by atoms with Gasteiger partial charge in [-0.2, -0.15) is 0 Å². The van der Waals surface area contributed by atoms with Crippen molar-refractivity contribution in [3.8, 4) is 0 Å². The third-order valence-corrected chi connectivity index (χ3v) is 4.66. The topological polar surface area (TPSA) is 29.5 Å². The highest BCUT2D eigenvalue weighted by Crippen LogP contribution is 2.28. The molecule has 2 fully saturated rings. The lowest BCUT2D eigenvalue weighted by atomic mass is 9.85. The largest absolute Gasteiger partial charge is 0.390 e. The smallest absolute Gasteiger partial charge is 0.0801 e. The van der Waals surface area contributed by atoms with Crippen LogP contribution in [0.15, 0.2) is 0 Å². The van der Waals surface area contributed by atoms with Gasteiger partial charge in [-0.25, -0.2) is 0 Å². The molecule has 2 rings (SSSR count). The molecule has 0 spiro atoms. The molecule has 0 aliphatic heterocycles. The van der Waals surface area contributed by atoms with Crippen molar-refractivity contribution in [1.29, 1.82) is 0 Å². The summed E-state index contributed by atoms with van der Waals surface area (Å²) in [6.07, 6.45) is 11.5. The van der Waals surface area contributed by atoms with Gasteiger partial charge in [-0.3, -0.25) is 0 Å². The van der Waals surface area contributed by atoms with E-state index in [1.165, 1.54) is 57.8 Å². The number of rotatable bonds is 4. The van der Waals surface area contributed by atoms with Crippen molar-refractivity contribution in [2.24, 2.45) is 11.8 Å². The average molecular weight is 240 g/mol. The quantitative estimate of drug-likeness (QED) is 0.814. The van der Waals surface area contributed by atoms with E-state index in [2.05, 4.69) is 6.92 Å². The van der Waals surface area contributed by atoms with Gasteiger partial charge in [0.2, 0.25) is 0 Å². The molecule has 0 saturated heterocycles. The van der Waals surface area contributed by atoms with Crippen molar-refractivity contribution < 1.29 is 9.84 Å². The van der Waals surface area contributed by atoms with Crippen LogP contribution in [0.2, 0.25) is 0 Å². The number of ether oxygens (including phenoxy) is 1. The van der Waals surface area contributed by atoms with Gasteiger partial charge in [-0.15, -0.1) is 0 Å². The van der Waals surface area contributed by atoms with Gasteiger partial charge in [0, 0.05) is 0 Å². The lowest BCUT2D eigenvalue weighted by Crippen LogP contribution is -2.31. The highest BCUT2D eigenvalue weighted by Gasteiger charge is 2.24. The number of aliphatic hydroxyl groups excluding tert-OH is 1. The third-order valence-electron chi connectivity index (χ3n) is 4.66. The van der Waals surface area contributed by atoms with Gasteiger partial charge in [-0.1, -0.05) is 26.2 Å². The first-order valence-corrected chi connectivity index (χ1v) is 7.55. The molecule has 100 valence electrons. The molecule has 2 saturated carbocycles. The standard InChI is InChI=1S/C15H28O2/c1-12-7-9-14(10-8-12)17-11-15(16)13-5-3-2-4-6-13/h12-16H,2-11H2,1H3. The van der Waals surface area contributed by atoms with E-state index in [1.54, 1.807) is 0 Å². The maximum absolute atomic E-state index is 10.1. The van der Waals surface area contributed by atoms with Crippen molar-refractivity contribution in [1.82, 2.24) is 0 Å². The van der Waals surface area contributed by atoms with Crippen LogP contribution in [0.4, 0.5) is 0 Å². The summed E-state index contributed by atoms with van der Waals surface area (Å²) in [7, 11) is 0. The maximum Gasteiger partial charge on any atom is 0.0801 e. The van der Waals surface area contributed by atoms with Gasteiger partial charge in [0.1, 0.15) is 0 Å². The molecule has 2 aliphatic carbocycles. The van der Waals surface area contributed by atoms with Crippen LogP contribution in [-0.2, 0) is 4.74 Å². The summed E-state index contributed by atoms with van der Waals surface area (Å²) in [5.41, 5.74) is 0. The Morgan fingerprint density at radius 3 is 2.29 bits per heavy atom. The molecular formula is C15H28O2. The van der Waals surface area contributed by atoms with Crippen LogP contribution in [-0.4, -0.2) is 23.9 Å². The molecular weight excluding hydrogens is 212 g/mol. The van der Waals surface area contributed by atoms with Crippen LogP contribution in [0.3, 0.4) is 0 Å². The van der Waals surface area contributed by atoms with Crippen LogP contribution < -0.4 is 0 Å². The summed E-state index contributed by atoms with van der Waals surface area (Å²) >= 11 is 0. The lowest BCUT2D eigenvalue weighted by molar-refractivity contribution is -0.0513. The first kappa shape index (κ1) is 13.4.